The minimum Gasteiger partial charge on any atom is -0.456 e. The van der Waals surface area contributed by atoms with Gasteiger partial charge in [0.15, 0.2) is 0 Å². The van der Waals surface area contributed by atoms with Gasteiger partial charge in [-0.25, -0.2) is 0 Å². The monoisotopic (exact) mass is 333 g/mol. The van der Waals surface area contributed by atoms with Crippen LogP contribution >= 0.6 is 0 Å². The highest BCUT2D eigenvalue weighted by Crippen LogP contribution is 2.59. The minimum absolute atomic E-state index is 0.0187. The molecule has 0 aliphatic heterocycles. The molecule has 3 nitrogen and oxygen atoms in total. The van der Waals surface area contributed by atoms with E-state index >= 15 is 0 Å². The van der Waals surface area contributed by atoms with Crippen molar-refractivity contribution >= 4 is 33.5 Å². The summed E-state index contributed by atoms with van der Waals surface area (Å²) < 4.78 is 5.90. The molecule has 1 saturated carbocycles. The number of rotatable bonds is 3. The Morgan fingerprint density at radius 3 is 2.56 bits per heavy atom. The van der Waals surface area contributed by atoms with Crippen molar-refractivity contribution in [3.8, 4) is 0 Å². The molecule has 3 heteroatoms. The lowest BCUT2D eigenvalue weighted by Crippen LogP contribution is -2.16. The molecule has 0 bridgehead atoms. The number of fused-ring (bicyclic) bond motifs is 3. The van der Waals surface area contributed by atoms with Crippen molar-refractivity contribution in [2.45, 2.75) is 27.7 Å². The molecule has 1 heterocycles. The third kappa shape index (κ3) is 2.64. The Balaban J connectivity index is 1.60. The Morgan fingerprint density at radius 1 is 1.08 bits per heavy atom. The van der Waals surface area contributed by atoms with Crippen molar-refractivity contribution in [2.75, 3.05) is 5.32 Å². The van der Waals surface area contributed by atoms with E-state index in [1.54, 1.807) is 0 Å². The molecule has 4 rings (SSSR count). The van der Waals surface area contributed by atoms with Crippen molar-refractivity contribution in [1.29, 1.82) is 0 Å². The van der Waals surface area contributed by atoms with E-state index in [1.807, 2.05) is 36.4 Å². The Morgan fingerprint density at radius 2 is 1.80 bits per heavy atom. The molecular formula is C22H23NO2. The molecule has 1 fully saturated rings. The number of benzene rings is 2. The third-order valence-electron chi connectivity index (χ3n) is 5.35. The van der Waals surface area contributed by atoms with Gasteiger partial charge in [0.05, 0.1) is 5.92 Å². The summed E-state index contributed by atoms with van der Waals surface area (Å²) in [4.78, 5) is 12.7. The van der Waals surface area contributed by atoms with Crippen LogP contribution in [0.15, 0.2) is 58.5 Å². The standard InChI is InChI=1S/C22H23NO2/c1-13(2)11-17-20(22(17,3)4)21(24)23-14-9-10-16-15-7-5-6-8-18(15)25-19(16)12-14/h5-12,17,20H,1-4H3,(H,23,24)/t17-,20-/m0/s1. The number of furan rings is 1. The van der Waals surface area contributed by atoms with Gasteiger partial charge in [-0.3, -0.25) is 4.79 Å². The number of nitrogens with one attached hydrogen (secondary N) is 1. The summed E-state index contributed by atoms with van der Waals surface area (Å²) in [7, 11) is 0. The van der Waals surface area contributed by atoms with Crippen molar-refractivity contribution in [3.63, 3.8) is 0 Å². The lowest BCUT2D eigenvalue weighted by molar-refractivity contribution is -0.118. The van der Waals surface area contributed by atoms with Crippen LogP contribution in [-0.2, 0) is 4.79 Å². The highest BCUT2D eigenvalue weighted by Gasteiger charge is 2.60. The van der Waals surface area contributed by atoms with E-state index in [2.05, 4.69) is 45.2 Å². The Kier molecular flexibility index (Phi) is 3.50. The van der Waals surface area contributed by atoms with Crippen molar-refractivity contribution in [1.82, 2.24) is 0 Å². The predicted octanol–water partition coefficient (Wildman–Crippen LogP) is 5.76. The summed E-state index contributed by atoms with van der Waals surface area (Å²) in [6, 6.07) is 13.9. The number of allylic oxidation sites excluding steroid dienone is 2. The smallest absolute Gasteiger partial charge is 0.228 e. The summed E-state index contributed by atoms with van der Waals surface area (Å²) in [5.41, 5.74) is 3.74. The average molecular weight is 333 g/mol. The van der Waals surface area contributed by atoms with E-state index in [-0.39, 0.29) is 17.2 Å². The molecule has 128 valence electrons. The average Bonchev–Trinajstić information content (AvgIpc) is 2.91. The van der Waals surface area contributed by atoms with Crippen LogP contribution in [0.25, 0.3) is 21.9 Å². The van der Waals surface area contributed by atoms with Gasteiger partial charge in [0.1, 0.15) is 11.2 Å². The first-order chi connectivity index (χ1) is 11.9. The molecular weight excluding hydrogens is 310 g/mol. The van der Waals surface area contributed by atoms with Crippen molar-refractivity contribution in [2.24, 2.45) is 17.3 Å². The summed E-state index contributed by atoms with van der Waals surface area (Å²) in [5, 5.41) is 5.24. The lowest BCUT2D eigenvalue weighted by atomic mass is 10.1. The van der Waals surface area contributed by atoms with Gasteiger partial charge in [-0.1, -0.05) is 43.7 Å². The highest BCUT2D eigenvalue weighted by atomic mass is 16.3. The fourth-order valence-electron chi connectivity index (χ4n) is 3.87. The maximum absolute atomic E-state index is 12.7. The molecule has 1 amide bonds. The molecule has 2 atom stereocenters. The normalized spacial score (nSPS) is 21.3. The molecule has 0 radical (unpaired) electrons. The number of amides is 1. The van der Waals surface area contributed by atoms with Gasteiger partial charge < -0.3 is 9.73 Å². The van der Waals surface area contributed by atoms with Gasteiger partial charge in [0, 0.05) is 22.5 Å². The van der Waals surface area contributed by atoms with E-state index in [4.69, 9.17) is 4.42 Å². The van der Waals surface area contributed by atoms with Crippen LogP contribution in [0.4, 0.5) is 5.69 Å². The van der Waals surface area contributed by atoms with Gasteiger partial charge in [-0.2, -0.15) is 0 Å². The second kappa shape index (κ2) is 5.48. The van der Waals surface area contributed by atoms with E-state index in [1.165, 1.54) is 5.57 Å². The van der Waals surface area contributed by atoms with E-state index in [0.717, 1.165) is 27.6 Å². The van der Waals surface area contributed by atoms with Gasteiger partial charge in [-0.05, 0) is 43.4 Å². The number of carbonyl (C=O) groups excluding carboxylic acids is 1. The lowest BCUT2D eigenvalue weighted by Gasteiger charge is -2.06. The molecule has 1 aliphatic rings. The van der Waals surface area contributed by atoms with Crippen LogP contribution in [0.3, 0.4) is 0 Å². The highest BCUT2D eigenvalue weighted by molar-refractivity contribution is 6.06. The number of carbonyl (C=O) groups is 1. The van der Waals surface area contributed by atoms with Crippen LogP contribution in [0.1, 0.15) is 27.7 Å². The zero-order valence-corrected chi connectivity index (χ0v) is 15.1. The zero-order valence-electron chi connectivity index (χ0n) is 15.1. The first-order valence-corrected chi connectivity index (χ1v) is 8.75. The van der Waals surface area contributed by atoms with Gasteiger partial charge >= 0.3 is 0 Å². The molecule has 0 saturated heterocycles. The summed E-state index contributed by atoms with van der Waals surface area (Å²) in [6.45, 7) is 8.48. The molecule has 0 unspecified atom stereocenters. The van der Waals surface area contributed by atoms with Gasteiger partial charge in [0.2, 0.25) is 5.91 Å². The summed E-state index contributed by atoms with van der Waals surface area (Å²) in [6.07, 6.45) is 2.21. The van der Waals surface area contributed by atoms with Crippen LogP contribution in [0.2, 0.25) is 0 Å². The Labute approximate surface area is 147 Å². The van der Waals surface area contributed by atoms with E-state index in [9.17, 15) is 4.79 Å². The first-order valence-electron chi connectivity index (χ1n) is 8.75. The Bertz CT molecular complexity index is 1010. The fraction of sp³-hybridized carbons (Fsp3) is 0.318. The van der Waals surface area contributed by atoms with Crippen LogP contribution in [0.5, 0.6) is 0 Å². The fourth-order valence-corrected chi connectivity index (χ4v) is 3.87. The molecule has 3 aromatic rings. The molecule has 25 heavy (non-hydrogen) atoms. The molecule has 1 aromatic heterocycles. The number of para-hydroxylation sites is 1. The molecule has 0 spiro atoms. The maximum atomic E-state index is 12.7. The minimum atomic E-state index is 0.0187. The van der Waals surface area contributed by atoms with Crippen molar-refractivity contribution < 1.29 is 9.21 Å². The second-order valence-corrected chi connectivity index (χ2v) is 7.87. The van der Waals surface area contributed by atoms with E-state index < -0.39 is 0 Å². The van der Waals surface area contributed by atoms with Crippen LogP contribution < -0.4 is 5.32 Å². The predicted molar refractivity (Wildman–Crippen MR) is 103 cm³/mol. The first kappa shape index (κ1) is 15.9. The largest absolute Gasteiger partial charge is 0.456 e. The molecule has 1 aliphatic carbocycles. The summed E-state index contributed by atoms with van der Waals surface area (Å²) >= 11 is 0. The van der Waals surface area contributed by atoms with Crippen molar-refractivity contribution in [3.05, 3.63) is 54.1 Å². The number of hydrogen-bond donors (Lipinski definition) is 1. The van der Waals surface area contributed by atoms with Gasteiger partial charge in [-0.15, -0.1) is 0 Å². The molecule has 1 N–H and O–H groups in total. The topological polar surface area (TPSA) is 42.2 Å². The van der Waals surface area contributed by atoms with Crippen LogP contribution in [-0.4, -0.2) is 5.91 Å². The number of hydrogen-bond acceptors (Lipinski definition) is 2. The second-order valence-electron chi connectivity index (χ2n) is 7.87. The number of anilines is 1. The van der Waals surface area contributed by atoms with E-state index in [0.29, 0.717) is 5.92 Å². The quantitative estimate of drug-likeness (QED) is 0.619. The van der Waals surface area contributed by atoms with Gasteiger partial charge in [0.25, 0.3) is 0 Å². The maximum Gasteiger partial charge on any atom is 0.228 e. The van der Waals surface area contributed by atoms with Crippen LogP contribution in [0, 0.1) is 17.3 Å². The Hall–Kier alpha value is -2.55. The SMILES string of the molecule is CC(C)=C[C@H]1[C@@H](C(=O)Nc2ccc3c(c2)oc2ccccc23)C1(C)C. The third-order valence-corrected chi connectivity index (χ3v) is 5.35. The molecule has 2 aromatic carbocycles. The zero-order chi connectivity index (χ0) is 17.8. The summed E-state index contributed by atoms with van der Waals surface area (Å²) in [5.74, 6) is 0.421.